The maximum Gasteiger partial charge on any atom is 0.323 e. The fraction of sp³-hybridized carbons (Fsp3) is 0.583. The van der Waals surface area contributed by atoms with Gasteiger partial charge in [-0.1, -0.05) is 0 Å². The zero-order chi connectivity index (χ0) is 12.5. The minimum Gasteiger partial charge on any atom is -0.480 e. The van der Waals surface area contributed by atoms with Gasteiger partial charge >= 0.3 is 5.97 Å². The quantitative estimate of drug-likeness (QED) is 0.929. The second kappa shape index (κ2) is 5.08. The van der Waals surface area contributed by atoms with Gasteiger partial charge in [-0.3, -0.25) is 9.69 Å². The van der Waals surface area contributed by atoms with Crippen molar-refractivity contribution in [2.75, 3.05) is 6.54 Å². The van der Waals surface area contributed by atoms with E-state index in [0.717, 1.165) is 36.8 Å². The van der Waals surface area contributed by atoms with Crippen LogP contribution in [0.3, 0.4) is 0 Å². The lowest BCUT2D eigenvalue weighted by Crippen LogP contribution is -2.54. The van der Waals surface area contributed by atoms with Gasteiger partial charge in [-0.05, 0) is 54.7 Å². The van der Waals surface area contributed by atoms with Gasteiger partial charge in [-0.2, -0.15) is 0 Å². The lowest BCUT2D eigenvalue weighted by Gasteiger charge is -2.41. The molecule has 0 saturated carbocycles. The third-order valence-corrected chi connectivity index (χ3v) is 5.15. The van der Waals surface area contributed by atoms with Gasteiger partial charge in [0.2, 0.25) is 0 Å². The minimum atomic E-state index is -0.701. The van der Waals surface area contributed by atoms with Gasteiger partial charge in [-0.15, -0.1) is 11.3 Å². The van der Waals surface area contributed by atoms with Crippen LogP contribution in [0.4, 0.5) is 0 Å². The van der Waals surface area contributed by atoms with Crippen molar-refractivity contribution in [3.63, 3.8) is 0 Å². The van der Waals surface area contributed by atoms with E-state index >= 15 is 0 Å². The fourth-order valence-corrected chi connectivity index (χ4v) is 3.76. The van der Waals surface area contributed by atoms with Gasteiger partial charge in [0, 0.05) is 21.3 Å². The van der Waals surface area contributed by atoms with E-state index in [1.165, 1.54) is 4.88 Å². The molecule has 1 aromatic rings. The summed E-state index contributed by atoms with van der Waals surface area (Å²) in [6, 6.07) is 2.07. The Balaban J connectivity index is 2.14. The molecular weight excluding hydrogens is 302 g/mol. The number of rotatable bonds is 3. The molecule has 0 amide bonds. The van der Waals surface area contributed by atoms with E-state index < -0.39 is 11.5 Å². The molecule has 5 heteroatoms. The van der Waals surface area contributed by atoms with Crippen LogP contribution in [0.2, 0.25) is 0 Å². The average molecular weight is 318 g/mol. The highest BCUT2D eigenvalue weighted by Crippen LogP contribution is 2.31. The molecule has 1 fully saturated rings. The van der Waals surface area contributed by atoms with Crippen LogP contribution in [0, 0.1) is 0 Å². The molecule has 1 saturated heterocycles. The summed E-state index contributed by atoms with van der Waals surface area (Å²) in [6.45, 7) is 3.45. The number of hydrogen-bond donors (Lipinski definition) is 1. The first kappa shape index (κ1) is 13.1. The van der Waals surface area contributed by atoms with Crippen LogP contribution in [0.25, 0.3) is 0 Å². The smallest absolute Gasteiger partial charge is 0.323 e. The highest BCUT2D eigenvalue weighted by molar-refractivity contribution is 9.10. The number of halogens is 1. The molecular formula is C12H16BrNO2S. The summed E-state index contributed by atoms with van der Waals surface area (Å²) in [5.41, 5.74) is -0.700. The van der Waals surface area contributed by atoms with Gasteiger partial charge in [-0.25, -0.2) is 0 Å². The van der Waals surface area contributed by atoms with E-state index in [1.807, 2.05) is 12.3 Å². The third-order valence-electron chi connectivity index (χ3n) is 3.47. The van der Waals surface area contributed by atoms with E-state index in [2.05, 4.69) is 26.9 Å². The number of nitrogens with zero attached hydrogens (tertiary/aromatic N) is 1. The number of piperidine rings is 1. The van der Waals surface area contributed by atoms with Gasteiger partial charge in [0.05, 0.1) is 0 Å². The molecule has 1 N–H and O–H groups in total. The van der Waals surface area contributed by atoms with E-state index in [-0.39, 0.29) is 0 Å². The third kappa shape index (κ3) is 2.72. The Bertz CT molecular complexity index is 420. The predicted molar refractivity (Wildman–Crippen MR) is 72.3 cm³/mol. The topological polar surface area (TPSA) is 40.5 Å². The number of likely N-dealkylation sites (tertiary alicyclic amines) is 1. The monoisotopic (exact) mass is 317 g/mol. The summed E-state index contributed by atoms with van der Waals surface area (Å²) < 4.78 is 1.08. The fourth-order valence-electron chi connectivity index (χ4n) is 2.30. The summed E-state index contributed by atoms with van der Waals surface area (Å²) >= 11 is 5.10. The summed E-state index contributed by atoms with van der Waals surface area (Å²) in [7, 11) is 0. The van der Waals surface area contributed by atoms with Crippen LogP contribution in [0.5, 0.6) is 0 Å². The molecule has 0 spiro atoms. The summed E-state index contributed by atoms with van der Waals surface area (Å²) in [5, 5.41) is 11.4. The average Bonchev–Trinajstić information content (AvgIpc) is 2.67. The highest BCUT2D eigenvalue weighted by Gasteiger charge is 2.41. The van der Waals surface area contributed by atoms with Gasteiger partial charge < -0.3 is 5.11 Å². The van der Waals surface area contributed by atoms with Crippen molar-refractivity contribution in [1.82, 2.24) is 4.90 Å². The summed E-state index contributed by atoms with van der Waals surface area (Å²) in [6.07, 6.45) is 2.84. The Hall–Kier alpha value is -0.390. The van der Waals surface area contributed by atoms with Crippen LogP contribution in [0.1, 0.15) is 31.1 Å². The molecule has 2 rings (SSSR count). The van der Waals surface area contributed by atoms with Gasteiger partial charge in [0.1, 0.15) is 5.54 Å². The maximum absolute atomic E-state index is 11.4. The van der Waals surface area contributed by atoms with Crippen LogP contribution in [-0.4, -0.2) is 28.1 Å². The molecule has 1 aromatic heterocycles. The van der Waals surface area contributed by atoms with Crippen molar-refractivity contribution < 1.29 is 9.90 Å². The molecule has 94 valence electrons. The van der Waals surface area contributed by atoms with Gasteiger partial charge in [0.25, 0.3) is 0 Å². The molecule has 0 radical (unpaired) electrons. The van der Waals surface area contributed by atoms with E-state index in [0.29, 0.717) is 0 Å². The number of carboxylic acids is 1. The van der Waals surface area contributed by atoms with E-state index in [4.69, 9.17) is 0 Å². The van der Waals surface area contributed by atoms with Crippen molar-refractivity contribution in [2.45, 2.75) is 38.3 Å². The molecule has 1 aliphatic rings. The van der Waals surface area contributed by atoms with Crippen molar-refractivity contribution >= 4 is 33.2 Å². The van der Waals surface area contributed by atoms with Crippen molar-refractivity contribution in [3.05, 3.63) is 20.8 Å². The predicted octanol–water partition coefficient (Wildman–Crippen LogP) is 3.34. The van der Waals surface area contributed by atoms with E-state index in [1.54, 1.807) is 11.3 Å². The Morgan fingerprint density at radius 3 is 3.00 bits per heavy atom. The number of aliphatic carboxylic acids is 1. The largest absolute Gasteiger partial charge is 0.480 e. The number of carbonyl (C=O) groups is 1. The van der Waals surface area contributed by atoms with E-state index in [9.17, 15) is 9.90 Å². The number of carboxylic acid groups (broad SMARTS) is 1. The lowest BCUT2D eigenvalue weighted by molar-refractivity contribution is -0.153. The number of thiophene rings is 1. The van der Waals surface area contributed by atoms with Gasteiger partial charge in [0.15, 0.2) is 0 Å². The molecule has 1 aliphatic heterocycles. The first-order valence-corrected chi connectivity index (χ1v) is 7.41. The maximum atomic E-state index is 11.4. The van der Waals surface area contributed by atoms with Crippen LogP contribution >= 0.6 is 27.3 Å². The van der Waals surface area contributed by atoms with Crippen molar-refractivity contribution in [1.29, 1.82) is 0 Å². The summed E-state index contributed by atoms with van der Waals surface area (Å²) in [5.74, 6) is -0.701. The first-order valence-electron chi connectivity index (χ1n) is 5.74. The SMILES string of the molecule is CC1(C(=O)O)CCCCN1Cc1cc(Br)cs1. The van der Waals surface area contributed by atoms with Crippen LogP contribution < -0.4 is 0 Å². The Labute approximate surface area is 114 Å². The summed E-state index contributed by atoms with van der Waals surface area (Å²) in [4.78, 5) is 14.7. The Morgan fingerprint density at radius 1 is 1.65 bits per heavy atom. The molecule has 2 heterocycles. The second-order valence-corrected chi connectivity index (χ2v) is 6.60. The normalized spacial score (nSPS) is 26.0. The highest BCUT2D eigenvalue weighted by atomic mass is 79.9. The molecule has 3 nitrogen and oxygen atoms in total. The molecule has 1 unspecified atom stereocenters. The molecule has 0 aliphatic carbocycles. The molecule has 17 heavy (non-hydrogen) atoms. The van der Waals surface area contributed by atoms with Crippen LogP contribution in [-0.2, 0) is 11.3 Å². The molecule has 0 aromatic carbocycles. The standard InChI is InChI=1S/C12H16BrNO2S/c1-12(11(15)16)4-2-3-5-14(12)7-10-6-9(13)8-17-10/h6,8H,2-5,7H2,1H3,(H,15,16). The molecule has 1 atom stereocenters. The zero-order valence-electron chi connectivity index (χ0n) is 9.78. The van der Waals surface area contributed by atoms with Crippen molar-refractivity contribution in [2.24, 2.45) is 0 Å². The Morgan fingerprint density at radius 2 is 2.41 bits per heavy atom. The molecule has 0 bridgehead atoms. The van der Waals surface area contributed by atoms with Crippen LogP contribution in [0.15, 0.2) is 15.9 Å². The second-order valence-electron chi connectivity index (χ2n) is 4.69. The van der Waals surface area contributed by atoms with Crippen molar-refractivity contribution in [3.8, 4) is 0 Å². The zero-order valence-corrected chi connectivity index (χ0v) is 12.2. The first-order chi connectivity index (χ1) is 8.02. The lowest BCUT2D eigenvalue weighted by atomic mass is 9.88. The minimum absolute atomic E-state index is 0.700. The Kier molecular flexibility index (Phi) is 3.90. The number of hydrogen-bond acceptors (Lipinski definition) is 3.